The van der Waals surface area contributed by atoms with Gasteiger partial charge in [0.1, 0.15) is 0 Å². The zero-order chi connectivity index (χ0) is 32.0. The molecule has 0 saturated carbocycles. The Bertz CT molecular complexity index is 2520. The van der Waals surface area contributed by atoms with Crippen molar-refractivity contribution in [3.63, 3.8) is 0 Å². The van der Waals surface area contributed by atoms with Gasteiger partial charge in [0, 0.05) is 22.5 Å². The fourth-order valence-electron chi connectivity index (χ4n) is 7.15. The van der Waals surface area contributed by atoms with Gasteiger partial charge in [0.15, 0.2) is 0 Å². The molecule has 48 heavy (non-hydrogen) atoms. The van der Waals surface area contributed by atoms with Crippen molar-refractivity contribution >= 4 is 38.2 Å². The third-order valence-corrected chi connectivity index (χ3v) is 9.64. The van der Waals surface area contributed by atoms with Crippen molar-refractivity contribution in [1.29, 1.82) is 0 Å². The number of nitrogens with zero attached hydrogens (tertiary/aromatic N) is 3. The summed E-state index contributed by atoms with van der Waals surface area (Å²) in [6.07, 6.45) is 9.92. The molecule has 3 nitrogen and oxygen atoms in total. The molecule has 0 amide bonds. The normalized spacial score (nSPS) is 14.5. The maximum Gasteiger partial charge on any atom is 0.235 e. The predicted molar refractivity (Wildman–Crippen MR) is 201 cm³/mol. The SMILES string of the molecule is CC1C=CC(c2cc3c(c4ccccc24)c2ccc(-c4ccccc4)cc2n3-c2nccc(-c3ccc(-c4ccccc4)cc3)n2)=CC1. The second kappa shape index (κ2) is 11.6. The molecule has 6 aromatic carbocycles. The van der Waals surface area contributed by atoms with Crippen LogP contribution in [-0.2, 0) is 0 Å². The second-order valence-corrected chi connectivity index (χ2v) is 12.7. The van der Waals surface area contributed by atoms with Crippen LogP contribution >= 0.6 is 0 Å². The van der Waals surface area contributed by atoms with Gasteiger partial charge in [-0.25, -0.2) is 9.97 Å². The largest absolute Gasteiger partial charge is 0.278 e. The first-order valence-electron chi connectivity index (χ1n) is 16.6. The highest BCUT2D eigenvalue weighted by Gasteiger charge is 2.21. The average molecular weight is 616 g/mol. The summed E-state index contributed by atoms with van der Waals surface area (Å²) in [5, 5.41) is 4.91. The third kappa shape index (κ3) is 4.83. The lowest BCUT2D eigenvalue weighted by Crippen LogP contribution is -2.02. The summed E-state index contributed by atoms with van der Waals surface area (Å²) in [6, 6.07) is 49.7. The monoisotopic (exact) mass is 615 g/mol. The van der Waals surface area contributed by atoms with Gasteiger partial charge in [-0.1, -0.05) is 146 Å². The number of hydrogen-bond donors (Lipinski definition) is 0. The van der Waals surface area contributed by atoms with E-state index in [2.05, 4.69) is 157 Å². The summed E-state index contributed by atoms with van der Waals surface area (Å²) in [5.74, 6) is 1.21. The van der Waals surface area contributed by atoms with E-state index in [4.69, 9.17) is 9.97 Å². The van der Waals surface area contributed by atoms with Crippen LogP contribution in [0, 0.1) is 5.92 Å². The lowest BCUT2D eigenvalue weighted by Gasteiger charge is -2.16. The van der Waals surface area contributed by atoms with Crippen LogP contribution in [-0.4, -0.2) is 14.5 Å². The lowest BCUT2D eigenvalue weighted by molar-refractivity contribution is 0.739. The number of aromatic nitrogens is 3. The lowest BCUT2D eigenvalue weighted by atomic mass is 9.90. The minimum absolute atomic E-state index is 0.546. The number of benzene rings is 6. The molecule has 1 aliphatic carbocycles. The highest BCUT2D eigenvalue weighted by Crippen LogP contribution is 2.42. The molecule has 0 radical (unpaired) electrons. The Labute approximate surface area is 280 Å². The Morgan fingerprint density at radius 2 is 1.23 bits per heavy atom. The molecule has 0 spiro atoms. The zero-order valence-corrected chi connectivity index (χ0v) is 26.7. The van der Waals surface area contributed by atoms with Gasteiger partial charge in [-0.15, -0.1) is 0 Å². The van der Waals surface area contributed by atoms with Crippen molar-refractivity contribution in [2.75, 3.05) is 0 Å². The average Bonchev–Trinajstić information content (AvgIpc) is 3.49. The van der Waals surface area contributed by atoms with E-state index in [-0.39, 0.29) is 0 Å². The molecule has 9 rings (SSSR count). The molecule has 0 saturated heterocycles. The van der Waals surface area contributed by atoms with Gasteiger partial charge in [-0.2, -0.15) is 0 Å². The van der Waals surface area contributed by atoms with Crippen LogP contribution in [0.1, 0.15) is 18.9 Å². The molecule has 228 valence electrons. The van der Waals surface area contributed by atoms with Gasteiger partial charge in [-0.3, -0.25) is 4.57 Å². The predicted octanol–water partition coefficient (Wildman–Crippen LogP) is 11.7. The molecule has 0 bridgehead atoms. The first-order valence-corrected chi connectivity index (χ1v) is 16.6. The fourth-order valence-corrected chi connectivity index (χ4v) is 7.15. The summed E-state index contributed by atoms with van der Waals surface area (Å²) in [5.41, 5.74) is 11.4. The number of fused-ring (bicyclic) bond motifs is 5. The maximum atomic E-state index is 5.25. The molecular formula is C45H33N3. The number of rotatable bonds is 5. The van der Waals surface area contributed by atoms with Crippen molar-refractivity contribution in [3.05, 3.63) is 170 Å². The molecular weight excluding hydrogens is 583 g/mol. The van der Waals surface area contributed by atoms with E-state index in [0.29, 0.717) is 11.9 Å². The first kappa shape index (κ1) is 28.2. The van der Waals surface area contributed by atoms with Crippen molar-refractivity contribution in [2.45, 2.75) is 13.3 Å². The molecule has 2 aromatic heterocycles. The van der Waals surface area contributed by atoms with Crippen LogP contribution < -0.4 is 0 Å². The summed E-state index contributed by atoms with van der Waals surface area (Å²) < 4.78 is 2.27. The van der Waals surface area contributed by atoms with Gasteiger partial charge < -0.3 is 0 Å². The molecule has 3 heteroatoms. The number of hydrogen-bond acceptors (Lipinski definition) is 2. The standard InChI is InChI=1S/C45H33N3/c1-30-16-18-34(19-17-30)40-29-43-44(38-15-9-8-14-37(38)40)39-25-24-36(32-12-6-3-7-13-32)28-42(39)48(43)45-46-27-26-41(47-45)35-22-20-33(21-23-35)31-10-4-2-5-11-31/h2-16,18-30H,17H2,1H3. The summed E-state index contributed by atoms with van der Waals surface area (Å²) in [6.45, 7) is 2.27. The van der Waals surface area contributed by atoms with Crippen molar-refractivity contribution in [3.8, 4) is 39.5 Å². The minimum Gasteiger partial charge on any atom is -0.278 e. The van der Waals surface area contributed by atoms with Gasteiger partial charge in [-0.05, 0) is 74.7 Å². The van der Waals surface area contributed by atoms with Crippen LogP contribution in [0.3, 0.4) is 0 Å². The van der Waals surface area contributed by atoms with E-state index in [0.717, 1.165) is 34.3 Å². The first-order chi connectivity index (χ1) is 23.7. The van der Waals surface area contributed by atoms with Crippen LogP contribution in [0.2, 0.25) is 0 Å². The Morgan fingerprint density at radius 3 is 1.96 bits per heavy atom. The van der Waals surface area contributed by atoms with E-state index in [1.165, 1.54) is 49.4 Å². The highest BCUT2D eigenvalue weighted by molar-refractivity contribution is 6.23. The Kier molecular flexibility index (Phi) is 6.83. The second-order valence-electron chi connectivity index (χ2n) is 12.7. The van der Waals surface area contributed by atoms with Crippen LogP contribution in [0.15, 0.2) is 164 Å². The molecule has 0 N–H and O–H groups in total. The van der Waals surface area contributed by atoms with E-state index < -0.39 is 0 Å². The van der Waals surface area contributed by atoms with E-state index in [1.807, 2.05) is 18.3 Å². The fraction of sp³-hybridized carbons (Fsp3) is 0.0667. The van der Waals surface area contributed by atoms with Gasteiger partial charge in [0.2, 0.25) is 5.95 Å². The summed E-state index contributed by atoms with van der Waals surface area (Å²) in [4.78, 5) is 10.2. The summed E-state index contributed by atoms with van der Waals surface area (Å²) in [7, 11) is 0. The highest BCUT2D eigenvalue weighted by atomic mass is 15.2. The third-order valence-electron chi connectivity index (χ3n) is 9.64. The molecule has 8 aromatic rings. The molecule has 0 aliphatic heterocycles. The van der Waals surface area contributed by atoms with Crippen LogP contribution in [0.4, 0.5) is 0 Å². The topological polar surface area (TPSA) is 30.7 Å². The van der Waals surface area contributed by atoms with Gasteiger partial charge in [0.25, 0.3) is 0 Å². The Balaban J connectivity index is 1.29. The van der Waals surface area contributed by atoms with Crippen molar-refractivity contribution < 1.29 is 0 Å². The molecule has 1 unspecified atom stereocenters. The molecule has 0 fully saturated rings. The van der Waals surface area contributed by atoms with E-state index >= 15 is 0 Å². The summed E-state index contributed by atoms with van der Waals surface area (Å²) >= 11 is 0. The molecule has 1 aliphatic rings. The minimum atomic E-state index is 0.546. The van der Waals surface area contributed by atoms with Gasteiger partial charge >= 0.3 is 0 Å². The Morgan fingerprint density at radius 1 is 0.583 bits per heavy atom. The Hall–Kier alpha value is -6.06. The molecule has 2 heterocycles. The number of allylic oxidation sites excluding steroid dienone is 4. The zero-order valence-electron chi connectivity index (χ0n) is 26.7. The van der Waals surface area contributed by atoms with Gasteiger partial charge in [0.05, 0.1) is 16.7 Å². The maximum absolute atomic E-state index is 5.25. The van der Waals surface area contributed by atoms with Crippen LogP contribution in [0.5, 0.6) is 0 Å². The molecule has 1 atom stereocenters. The van der Waals surface area contributed by atoms with E-state index in [1.54, 1.807) is 0 Å². The van der Waals surface area contributed by atoms with Crippen molar-refractivity contribution in [1.82, 2.24) is 14.5 Å². The van der Waals surface area contributed by atoms with Crippen LogP contribution in [0.25, 0.3) is 77.6 Å². The smallest absolute Gasteiger partial charge is 0.235 e. The van der Waals surface area contributed by atoms with Crippen molar-refractivity contribution in [2.24, 2.45) is 5.92 Å². The quantitative estimate of drug-likeness (QED) is 0.193. The van der Waals surface area contributed by atoms with E-state index in [9.17, 15) is 0 Å².